The van der Waals surface area contributed by atoms with Crippen molar-refractivity contribution < 1.29 is 27.9 Å². The standard InChI is InChI=1S/C21H25F3N4O4/c1-11(2)19-17-6-13(21(22,23)24)4-5-16(17)20(32)28(26-19)10-18(31)25-14-7-15(30)9-27(8-14)12(3)29/h4-6,11,14-15,30H,7-10H2,1-3H3,(H,25,31)/t14-,15-/m1/s1. The van der Waals surface area contributed by atoms with E-state index in [0.717, 1.165) is 22.9 Å². The monoisotopic (exact) mass is 454 g/mol. The number of carbonyl (C=O) groups is 2. The van der Waals surface area contributed by atoms with Crippen LogP contribution < -0.4 is 10.9 Å². The Kier molecular flexibility index (Phi) is 6.59. The number of carbonyl (C=O) groups excluding carboxylic acids is 2. The topological polar surface area (TPSA) is 105 Å². The van der Waals surface area contributed by atoms with Crippen LogP contribution in [0.5, 0.6) is 0 Å². The molecule has 1 aliphatic rings. The quantitative estimate of drug-likeness (QED) is 0.731. The van der Waals surface area contributed by atoms with Crippen LogP contribution in [0.25, 0.3) is 10.8 Å². The van der Waals surface area contributed by atoms with E-state index in [0.29, 0.717) is 0 Å². The molecular formula is C21H25F3N4O4. The lowest BCUT2D eigenvalue weighted by Crippen LogP contribution is -2.54. The van der Waals surface area contributed by atoms with Crippen LogP contribution in [0.3, 0.4) is 0 Å². The Balaban J connectivity index is 1.89. The van der Waals surface area contributed by atoms with Gasteiger partial charge in [-0.3, -0.25) is 14.4 Å². The third-order valence-electron chi connectivity index (χ3n) is 5.40. The Morgan fingerprint density at radius 1 is 1.25 bits per heavy atom. The molecule has 0 spiro atoms. The first kappa shape index (κ1) is 23.7. The molecule has 8 nitrogen and oxygen atoms in total. The van der Waals surface area contributed by atoms with Crippen LogP contribution in [0.4, 0.5) is 13.2 Å². The van der Waals surface area contributed by atoms with E-state index in [1.54, 1.807) is 13.8 Å². The smallest absolute Gasteiger partial charge is 0.391 e. The lowest BCUT2D eigenvalue weighted by Gasteiger charge is -2.35. The highest BCUT2D eigenvalue weighted by Gasteiger charge is 2.32. The number of aliphatic hydroxyl groups is 1. The first-order valence-electron chi connectivity index (χ1n) is 10.2. The van der Waals surface area contributed by atoms with E-state index in [1.165, 1.54) is 11.8 Å². The van der Waals surface area contributed by atoms with Gasteiger partial charge in [-0.25, -0.2) is 4.68 Å². The number of halogens is 3. The van der Waals surface area contributed by atoms with Crippen LogP contribution in [0.2, 0.25) is 0 Å². The van der Waals surface area contributed by atoms with Crippen LogP contribution in [0.15, 0.2) is 23.0 Å². The predicted molar refractivity (Wildman–Crippen MR) is 110 cm³/mol. The van der Waals surface area contributed by atoms with Gasteiger partial charge in [-0.2, -0.15) is 18.3 Å². The summed E-state index contributed by atoms with van der Waals surface area (Å²) in [5.74, 6) is -1.08. The second-order valence-corrected chi connectivity index (χ2v) is 8.34. The minimum Gasteiger partial charge on any atom is -0.391 e. The van der Waals surface area contributed by atoms with Crippen LogP contribution >= 0.6 is 0 Å². The average Bonchev–Trinajstić information content (AvgIpc) is 2.68. The van der Waals surface area contributed by atoms with Gasteiger partial charge >= 0.3 is 6.18 Å². The summed E-state index contributed by atoms with van der Waals surface area (Å²) in [6, 6.07) is 2.34. The number of β-amino-alcohol motifs (C(OH)–C–C–N with tert-alkyl or cyclic N) is 1. The van der Waals surface area contributed by atoms with Gasteiger partial charge in [0.25, 0.3) is 5.56 Å². The highest BCUT2D eigenvalue weighted by atomic mass is 19.4. The second-order valence-electron chi connectivity index (χ2n) is 8.34. The van der Waals surface area contributed by atoms with Gasteiger partial charge in [0.2, 0.25) is 11.8 Å². The molecule has 1 saturated heterocycles. The molecule has 2 heterocycles. The van der Waals surface area contributed by atoms with Crippen LogP contribution in [0, 0.1) is 0 Å². The Morgan fingerprint density at radius 2 is 1.94 bits per heavy atom. The van der Waals surface area contributed by atoms with E-state index in [2.05, 4.69) is 10.4 Å². The van der Waals surface area contributed by atoms with E-state index >= 15 is 0 Å². The van der Waals surface area contributed by atoms with Crippen molar-refractivity contribution in [3.63, 3.8) is 0 Å². The summed E-state index contributed by atoms with van der Waals surface area (Å²) in [6.07, 6.45) is -5.09. The maximum Gasteiger partial charge on any atom is 0.416 e. The summed E-state index contributed by atoms with van der Waals surface area (Å²) in [4.78, 5) is 38.4. The molecule has 32 heavy (non-hydrogen) atoms. The molecule has 0 unspecified atom stereocenters. The molecule has 0 bridgehead atoms. The average molecular weight is 454 g/mol. The largest absolute Gasteiger partial charge is 0.416 e. The van der Waals surface area contributed by atoms with Crippen LogP contribution in [-0.2, 0) is 22.3 Å². The summed E-state index contributed by atoms with van der Waals surface area (Å²) < 4.78 is 40.3. The first-order chi connectivity index (χ1) is 14.9. The molecule has 0 aliphatic carbocycles. The van der Waals surface area contributed by atoms with E-state index in [1.807, 2.05) is 0 Å². The number of piperidine rings is 1. The zero-order valence-electron chi connectivity index (χ0n) is 17.9. The van der Waals surface area contributed by atoms with Crippen molar-refractivity contribution in [3.8, 4) is 0 Å². The molecule has 0 saturated carbocycles. The van der Waals surface area contributed by atoms with Crippen LogP contribution in [-0.4, -0.2) is 56.8 Å². The molecule has 11 heteroatoms. The fourth-order valence-electron chi connectivity index (χ4n) is 3.86. The summed E-state index contributed by atoms with van der Waals surface area (Å²) in [6.45, 7) is 4.81. The maximum atomic E-state index is 13.1. The van der Waals surface area contributed by atoms with Crippen molar-refractivity contribution >= 4 is 22.6 Å². The van der Waals surface area contributed by atoms with Gasteiger partial charge in [-0.05, 0) is 30.5 Å². The second kappa shape index (κ2) is 8.89. The van der Waals surface area contributed by atoms with Crippen molar-refractivity contribution in [3.05, 3.63) is 39.8 Å². The molecule has 2 atom stereocenters. The molecule has 3 rings (SSSR count). The number of aromatic nitrogens is 2. The predicted octanol–water partition coefficient (Wildman–Crippen LogP) is 1.64. The van der Waals surface area contributed by atoms with Gasteiger partial charge in [0.15, 0.2) is 0 Å². The normalized spacial score (nSPS) is 19.4. The fraction of sp³-hybridized carbons (Fsp3) is 0.524. The van der Waals surface area contributed by atoms with Gasteiger partial charge in [0.1, 0.15) is 6.54 Å². The van der Waals surface area contributed by atoms with E-state index in [9.17, 15) is 32.7 Å². The van der Waals surface area contributed by atoms with Gasteiger partial charge < -0.3 is 15.3 Å². The maximum absolute atomic E-state index is 13.1. The number of aliphatic hydroxyl groups excluding tert-OH is 1. The SMILES string of the molecule is CC(=O)N1C[C@H](O)C[C@@H](NC(=O)Cn2nc(C(C)C)c3cc(C(F)(F)F)ccc3c2=O)C1. The Hall–Kier alpha value is -2.95. The van der Waals surface area contributed by atoms with E-state index in [4.69, 9.17) is 0 Å². The third-order valence-corrected chi connectivity index (χ3v) is 5.40. The molecule has 1 aliphatic heterocycles. The lowest BCUT2D eigenvalue weighted by molar-refractivity contribution is -0.137. The van der Waals surface area contributed by atoms with Crippen molar-refractivity contribution in [2.45, 2.75) is 58.0 Å². The number of benzene rings is 1. The third kappa shape index (κ3) is 5.09. The van der Waals surface area contributed by atoms with Crippen molar-refractivity contribution in [1.82, 2.24) is 20.0 Å². The number of nitrogens with one attached hydrogen (secondary N) is 1. The zero-order valence-corrected chi connectivity index (χ0v) is 17.9. The number of alkyl halides is 3. The van der Waals surface area contributed by atoms with Gasteiger partial charge in [0.05, 0.1) is 22.7 Å². The van der Waals surface area contributed by atoms with Crippen molar-refractivity contribution in [2.75, 3.05) is 13.1 Å². The molecule has 2 amide bonds. The Morgan fingerprint density at radius 3 is 2.53 bits per heavy atom. The number of nitrogens with zero attached hydrogens (tertiary/aromatic N) is 3. The molecule has 1 fully saturated rings. The minimum absolute atomic E-state index is 0.0420. The van der Waals surface area contributed by atoms with Crippen molar-refractivity contribution in [1.29, 1.82) is 0 Å². The first-order valence-corrected chi connectivity index (χ1v) is 10.2. The molecule has 2 aromatic rings. The molecule has 0 radical (unpaired) electrons. The van der Waals surface area contributed by atoms with Gasteiger partial charge in [-0.1, -0.05) is 13.8 Å². The number of amides is 2. The van der Waals surface area contributed by atoms with Gasteiger partial charge in [-0.15, -0.1) is 0 Å². The number of fused-ring (bicyclic) bond motifs is 1. The zero-order chi connectivity index (χ0) is 23.8. The summed E-state index contributed by atoms with van der Waals surface area (Å²) in [5.41, 5.74) is -1.29. The molecule has 1 aromatic carbocycles. The number of likely N-dealkylation sites (tertiary alicyclic amines) is 1. The molecule has 2 N–H and O–H groups in total. The summed E-state index contributed by atoms with van der Waals surface area (Å²) >= 11 is 0. The van der Waals surface area contributed by atoms with E-state index in [-0.39, 0.29) is 47.8 Å². The molecule has 1 aromatic heterocycles. The number of hydrogen-bond acceptors (Lipinski definition) is 5. The highest BCUT2D eigenvalue weighted by molar-refractivity contribution is 5.85. The Labute approximate surface area is 182 Å². The fourth-order valence-corrected chi connectivity index (χ4v) is 3.86. The lowest BCUT2D eigenvalue weighted by atomic mass is 10.0. The summed E-state index contributed by atoms with van der Waals surface area (Å²) in [5, 5.41) is 17.0. The highest BCUT2D eigenvalue weighted by Crippen LogP contribution is 2.32. The minimum atomic E-state index is -4.56. The van der Waals surface area contributed by atoms with Crippen molar-refractivity contribution in [2.24, 2.45) is 0 Å². The Bertz CT molecular complexity index is 1100. The number of hydrogen-bond donors (Lipinski definition) is 2. The van der Waals surface area contributed by atoms with E-state index < -0.39 is 41.9 Å². The molecular weight excluding hydrogens is 429 g/mol. The molecule has 174 valence electrons. The summed E-state index contributed by atoms with van der Waals surface area (Å²) in [7, 11) is 0. The van der Waals surface area contributed by atoms with Gasteiger partial charge in [0, 0.05) is 31.4 Å². The number of rotatable bonds is 4. The van der Waals surface area contributed by atoms with Crippen LogP contribution in [0.1, 0.15) is 44.4 Å².